The predicted molar refractivity (Wildman–Crippen MR) is 102 cm³/mol. The largest absolute Gasteiger partial charge is 0.497 e. The Hall–Kier alpha value is -1.85. The zero-order valence-corrected chi connectivity index (χ0v) is 16.7. The van der Waals surface area contributed by atoms with Crippen molar-refractivity contribution < 1.29 is 9.47 Å². The van der Waals surface area contributed by atoms with Crippen molar-refractivity contribution in [2.24, 2.45) is 0 Å². The number of fused-ring (bicyclic) bond motifs is 1. The molecule has 25 heavy (non-hydrogen) atoms. The average molecular weight is 366 g/mol. The third kappa shape index (κ3) is 5.58. The quantitative estimate of drug-likeness (QED) is 0.784. The summed E-state index contributed by atoms with van der Waals surface area (Å²) >= 11 is 5.89. The molecule has 0 radical (unpaired) electrons. The Morgan fingerprint density at radius 2 is 1.72 bits per heavy atom. The number of rotatable bonds is 4. The van der Waals surface area contributed by atoms with Crippen LogP contribution in [0.4, 0.5) is 0 Å². The molecule has 138 valence electrons. The van der Waals surface area contributed by atoms with E-state index in [4.69, 9.17) is 21.1 Å². The Morgan fingerprint density at radius 1 is 1.04 bits per heavy atom. The molecule has 0 saturated heterocycles. The lowest BCUT2D eigenvalue weighted by molar-refractivity contribution is 0.267. The Morgan fingerprint density at radius 3 is 2.36 bits per heavy atom. The van der Waals surface area contributed by atoms with E-state index in [1.165, 1.54) is 0 Å². The summed E-state index contributed by atoms with van der Waals surface area (Å²) < 4.78 is 10.7. The second-order valence-corrected chi connectivity index (χ2v) is 5.30. The number of benzene rings is 1. The summed E-state index contributed by atoms with van der Waals surface area (Å²) in [7, 11) is 3.31. The number of nitrogens with zero attached hydrogens (tertiary/aromatic N) is 3. The van der Waals surface area contributed by atoms with Crippen molar-refractivity contribution in [2.45, 2.75) is 47.3 Å². The Labute approximate surface area is 156 Å². The molecule has 2 aromatic rings. The van der Waals surface area contributed by atoms with E-state index in [-0.39, 0.29) is 0 Å². The van der Waals surface area contributed by atoms with Gasteiger partial charge in [0.25, 0.3) is 0 Å². The van der Waals surface area contributed by atoms with E-state index in [2.05, 4.69) is 14.9 Å². The Kier molecular flexibility index (Phi) is 9.24. The summed E-state index contributed by atoms with van der Waals surface area (Å²) in [6.45, 7) is 10.3. The number of halogens is 1. The molecule has 0 spiro atoms. The molecular weight excluding hydrogens is 338 g/mol. The van der Waals surface area contributed by atoms with Crippen LogP contribution in [0.5, 0.6) is 11.5 Å². The number of aromatic nitrogens is 2. The van der Waals surface area contributed by atoms with Crippen molar-refractivity contribution in [3.63, 3.8) is 0 Å². The fourth-order valence-corrected chi connectivity index (χ4v) is 2.65. The first-order valence-electron chi connectivity index (χ1n) is 8.63. The fraction of sp³-hybridized carbons (Fsp3) is 0.474. The standard InChI is InChI=1S/C15H16ClN3O2.2C2H6/c1-20-11-4-3-10(14(5-11)21-2)7-19-8-12-13(9-19)18-15(16)6-17-12;2*1-2/h3-6H,7-9H2,1-2H3;2*1-2H3. The van der Waals surface area contributed by atoms with Crippen LogP contribution in [0.25, 0.3) is 0 Å². The van der Waals surface area contributed by atoms with Gasteiger partial charge < -0.3 is 9.47 Å². The van der Waals surface area contributed by atoms with E-state index in [1.807, 2.05) is 45.9 Å². The minimum absolute atomic E-state index is 0.442. The maximum atomic E-state index is 5.89. The first-order chi connectivity index (χ1) is 12.2. The maximum Gasteiger partial charge on any atom is 0.147 e. The minimum Gasteiger partial charge on any atom is -0.497 e. The van der Waals surface area contributed by atoms with Gasteiger partial charge in [0.15, 0.2) is 0 Å². The monoisotopic (exact) mass is 365 g/mol. The van der Waals surface area contributed by atoms with Crippen molar-refractivity contribution in [3.05, 3.63) is 46.5 Å². The van der Waals surface area contributed by atoms with Crippen molar-refractivity contribution in [3.8, 4) is 11.5 Å². The van der Waals surface area contributed by atoms with Crippen LogP contribution in [0.15, 0.2) is 24.4 Å². The smallest absolute Gasteiger partial charge is 0.147 e. The summed E-state index contributed by atoms with van der Waals surface area (Å²) in [5.74, 6) is 1.61. The van der Waals surface area contributed by atoms with Gasteiger partial charge in [0, 0.05) is 31.3 Å². The molecule has 3 rings (SSSR count). The van der Waals surface area contributed by atoms with Gasteiger partial charge in [-0.25, -0.2) is 4.98 Å². The third-order valence-electron chi connectivity index (χ3n) is 3.54. The van der Waals surface area contributed by atoms with Crippen LogP contribution in [0.2, 0.25) is 5.15 Å². The molecule has 5 nitrogen and oxygen atoms in total. The SMILES string of the molecule is CC.CC.COc1ccc(CN2Cc3ncc(Cl)nc3C2)c(OC)c1. The van der Waals surface area contributed by atoms with Crippen molar-refractivity contribution in [2.75, 3.05) is 14.2 Å². The zero-order valence-electron chi connectivity index (χ0n) is 16.0. The molecule has 0 bridgehead atoms. The van der Waals surface area contributed by atoms with Crippen molar-refractivity contribution in [1.29, 1.82) is 0 Å². The van der Waals surface area contributed by atoms with Gasteiger partial charge in [0.2, 0.25) is 0 Å². The highest BCUT2D eigenvalue weighted by atomic mass is 35.5. The fourth-order valence-electron chi connectivity index (χ4n) is 2.50. The molecule has 1 aromatic carbocycles. The second kappa shape index (κ2) is 10.9. The topological polar surface area (TPSA) is 47.5 Å². The maximum absolute atomic E-state index is 5.89. The third-order valence-corrected chi connectivity index (χ3v) is 3.72. The van der Waals surface area contributed by atoms with Crippen LogP contribution in [-0.4, -0.2) is 29.1 Å². The molecule has 0 saturated carbocycles. The molecule has 0 unspecified atom stereocenters. The molecule has 0 aliphatic carbocycles. The van der Waals surface area contributed by atoms with Crippen LogP contribution < -0.4 is 9.47 Å². The van der Waals surface area contributed by atoms with Gasteiger partial charge in [-0.05, 0) is 6.07 Å². The van der Waals surface area contributed by atoms with Crippen molar-refractivity contribution >= 4 is 11.6 Å². The number of methoxy groups -OCH3 is 2. The normalized spacial score (nSPS) is 12.3. The first kappa shape index (κ1) is 21.2. The van der Waals surface area contributed by atoms with Crippen LogP contribution in [0, 0.1) is 0 Å². The van der Waals surface area contributed by atoms with Crippen molar-refractivity contribution in [1.82, 2.24) is 14.9 Å². The number of ether oxygens (including phenoxy) is 2. The highest BCUT2D eigenvalue weighted by molar-refractivity contribution is 6.29. The summed E-state index contributed by atoms with van der Waals surface area (Å²) in [5, 5.41) is 0.442. The summed E-state index contributed by atoms with van der Waals surface area (Å²) in [5.41, 5.74) is 3.05. The van der Waals surface area contributed by atoms with Gasteiger partial charge in [-0.1, -0.05) is 45.4 Å². The molecule has 0 fully saturated rings. The highest BCUT2D eigenvalue weighted by Crippen LogP contribution is 2.28. The molecule has 0 amide bonds. The molecule has 2 heterocycles. The molecule has 6 heteroatoms. The molecule has 0 atom stereocenters. The summed E-state index contributed by atoms with van der Waals surface area (Å²) in [6.07, 6.45) is 1.60. The van der Waals surface area contributed by atoms with Gasteiger partial charge >= 0.3 is 0 Å². The van der Waals surface area contributed by atoms with Gasteiger partial charge in [-0.2, -0.15) is 0 Å². The van der Waals surface area contributed by atoms with Crippen LogP contribution in [-0.2, 0) is 19.6 Å². The summed E-state index contributed by atoms with van der Waals surface area (Å²) in [6, 6.07) is 5.86. The van der Waals surface area contributed by atoms with Crippen LogP contribution in [0.1, 0.15) is 44.6 Å². The number of hydrogen-bond donors (Lipinski definition) is 0. The van der Waals surface area contributed by atoms with Gasteiger partial charge in [-0.15, -0.1) is 0 Å². The van der Waals surface area contributed by atoms with Crippen LogP contribution >= 0.6 is 11.6 Å². The zero-order chi connectivity index (χ0) is 18.8. The Bertz CT molecular complexity index is 665. The van der Waals surface area contributed by atoms with E-state index >= 15 is 0 Å². The van der Waals surface area contributed by atoms with Gasteiger partial charge in [0.05, 0.1) is 31.8 Å². The summed E-state index contributed by atoms with van der Waals surface area (Å²) in [4.78, 5) is 10.9. The van der Waals surface area contributed by atoms with E-state index in [0.29, 0.717) is 5.15 Å². The lowest BCUT2D eigenvalue weighted by Gasteiger charge is -2.17. The lowest BCUT2D eigenvalue weighted by Crippen LogP contribution is -2.16. The van der Waals surface area contributed by atoms with E-state index in [9.17, 15) is 0 Å². The molecule has 0 N–H and O–H groups in total. The first-order valence-corrected chi connectivity index (χ1v) is 9.01. The highest BCUT2D eigenvalue weighted by Gasteiger charge is 2.22. The average Bonchev–Trinajstić information content (AvgIpc) is 3.06. The molecular formula is C19H28ClN3O2. The molecule has 1 aliphatic heterocycles. The van der Waals surface area contributed by atoms with Gasteiger partial charge in [0.1, 0.15) is 16.7 Å². The van der Waals surface area contributed by atoms with Gasteiger partial charge in [-0.3, -0.25) is 9.88 Å². The second-order valence-electron chi connectivity index (χ2n) is 4.91. The predicted octanol–water partition coefficient (Wildman–Crippen LogP) is 4.72. The van der Waals surface area contributed by atoms with E-state index < -0.39 is 0 Å². The number of hydrogen-bond acceptors (Lipinski definition) is 5. The molecule has 1 aromatic heterocycles. The molecule has 1 aliphatic rings. The minimum atomic E-state index is 0.442. The van der Waals surface area contributed by atoms with E-state index in [1.54, 1.807) is 20.4 Å². The van der Waals surface area contributed by atoms with E-state index in [0.717, 1.165) is 48.1 Å². The lowest BCUT2D eigenvalue weighted by atomic mass is 10.2. The van der Waals surface area contributed by atoms with Crippen LogP contribution in [0.3, 0.4) is 0 Å². The Balaban J connectivity index is 0.000000730.